The Morgan fingerprint density at radius 2 is 1.46 bits per heavy atom. The van der Waals surface area contributed by atoms with Crippen LogP contribution in [-0.4, -0.2) is 38.3 Å². The van der Waals surface area contributed by atoms with Crippen molar-refractivity contribution in [1.82, 2.24) is 9.62 Å². The van der Waals surface area contributed by atoms with E-state index in [4.69, 9.17) is 0 Å². The Hall–Kier alpha value is -2.66. The number of rotatable bonds is 5. The number of sulfonamides is 1. The first-order valence-corrected chi connectivity index (χ1v) is 15.3. The van der Waals surface area contributed by atoms with Crippen LogP contribution >= 0.6 is 0 Å². The van der Waals surface area contributed by atoms with Gasteiger partial charge in [-0.05, 0) is 79.7 Å². The largest absolute Gasteiger partial charge is 0.370 e. The number of primary amides is 1. The van der Waals surface area contributed by atoms with Crippen molar-refractivity contribution in [2.45, 2.75) is 91.0 Å². The lowest BCUT2D eigenvalue weighted by Crippen LogP contribution is -2.35. The minimum absolute atomic E-state index is 0.333. The summed E-state index contributed by atoms with van der Waals surface area (Å²) >= 11 is 0. The number of benzene rings is 2. The topological polar surface area (TPSA) is 92.5 Å². The van der Waals surface area contributed by atoms with Crippen LogP contribution in [0.1, 0.15) is 82.1 Å². The van der Waals surface area contributed by atoms with Crippen LogP contribution < -0.4 is 11.1 Å². The molecule has 1 heterocycles. The van der Waals surface area contributed by atoms with Gasteiger partial charge in [-0.2, -0.15) is 4.31 Å². The number of nitrogens with two attached hydrogens (primary N) is 1. The second-order valence-electron chi connectivity index (χ2n) is 11.4. The van der Waals surface area contributed by atoms with E-state index in [0.717, 1.165) is 37.9 Å². The van der Waals surface area contributed by atoms with Crippen molar-refractivity contribution in [3.8, 4) is 12.8 Å². The number of aryl methyl sites for hydroxylation is 3. The van der Waals surface area contributed by atoms with Crippen molar-refractivity contribution in [2.24, 2.45) is 11.1 Å². The van der Waals surface area contributed by atoms with Crippen LogP contribution in [-0.2, 0) is 34.2 Å². The van der Waals surface area contributed by atoms with E-state index in [9.17, 15) is 13.2 Å². The Balaban J connectivity index is 0.000000326. The summed E-state index contributed by atoms with van der Waals surface area (Å²) in [6.07, 6.45) is 16.4. The fraction of sp³-hybridized carbons (Fsp3) is 0.531. The van der Waals surface area contributed by atoms with Gasteiger partial charge in [-0.25, -0.2) is 8.42 Å². The molecule has 1 aliphatic carbocycles. The molecule has 1 aliphatic heterocycles. The molecule has 216 valence electrons. The Morgan fingerprint density at radius 1 is 0.923 bits per heavy atom. The predicted molar refractivity (Wildman–Crippen MR) is 163 cm³/mol. The number of fused-ring (bicyclic) bond motifs is 1. The number of amides is 1. The molecule has 0 spiro atoms. The highest BCUT2D eigenvalue weighted by molar-refractivity contribution is 7.89. The number of carbonyl (C=O) groups is 1. The molecule has 6 nitrogen and oxygen atoms in total. The molecule has 1 amide bonds. The molecule has 3 N–H and O–H groups in total. The zero-order chi connectivity index (χ0) is 29.5. The van der Waals surface area contributed by atoms with Crippen LogP contribution in [0.15, 0.2) is 47.4 Å². The molecule has 0 aromatic heterocycles. The van der Waals surface area contributed by atoms with Gasteiger partial charge in [-0.1, -0.05) is 63.1 Å². The first-order valence-electron chi connectivity index (χ1n) is 13.9. The van der Waals surface area contributed by atoms with Gasteiger partial charge in [0, 0.05) is 33.1 Å². The Labute approximate surface area is 237 Å². The summed E-state index contributed by atoms with van der Waals surface area (Å²) in [7, 11) is -3.25. The molecular weight excluding hydrogens is 506 g/mol. The molecule has 0 unspecified atom stereocenters. The second kappa shape index (κ2) is 17.1. The Kier molecular flexibility index (Phi) is 15.1. The smallest absolute Gasteiger partial charge is 0.243 e. The molecule has 2 aliphatic rings. The zero-order valence-corrected chi connectivity index (χ0v) is 25.4. The minimum atomic E-state index is -3.25. The Bertz CT molecular complexity index is 1120. The first kappa shape index (κ1) is 34.4. The lowest BCUT2D eigenvalue weighted by atomic mass is 9.90. The maximum atomic E-state index is 12.2. The summed E-state index contributed by atoms with van der Waals surface area (Å²) in [6, 6.07) is 14.1. The standard InChI is InChI=1S/C16H25N.C12H17NO2S.C2H5NO.C2H2/c1-16(2,3)12-17-11-13-8-9-14-6-4-5-7-15(14)10-13;1-11-5-7-12(8-6-11)16(14,15)13-9-3-2-4-10-13;1-2(3)4;1-2/h8-10,17H,4-7,11-12H2,1-3H3;5-8H,2-4,9-10H2,1H3;1H3,(H2,3,4);1-2H. The van der Waals surface area contributed by atoms with Crippen molar-refractivity contribution in [3.63, 3.8) is 0 Å². The molecule has 2 aromatic rings. The third-order valence-corrected chi connectivity index (χ3v) is 8.28. The normalized spacial score (nSPS) is 15.2. The lowest BCUT2D eigenvalue weighted by molar-refractivity contribution is -0.115. The van der Waals surface area contributed by atoms with E-state index in [1.807, 2.05) is 19.1 Å². The summed E-state index contributed by atoms with van der Waals surface area (Å²) in [5.41, 5.74) is 10.5. The van der Waals surface area contributed by atoms with Crippen LogP contribution in [0, 0.1) is 25.2 Å². The van der Waals surface area contributed by atoms with Crippen LogP contribution in [0.5, 0.6) is 0 Å². The molecule has 0 atom stereocenters. The second-order valence-corrected chi connectivity index (χ2v) is 13.3. The Morgan fingerprint density at radius 3 is 2.00 bits per heavy atom. The van der Waals surface area contributed by atoms with Crippen molar-refractivity contribution in [2.75, 3.05) is 19.6 Å². The fourth-order valence-electron chi connectivity index (χ4n) is 4.44. The average molecular weight is 556 g/mol. The van der Waals surface area contributed by atoms with Crippen LogP contribution in [0.4, 0.5) is 0 Å². The van der Waals surface area contributed by atoms with Crippen molar-refractivity contribution in [3.05, 3.63) is 64.7 Å². The highest BCUT2D eigenvalue weighted by Crippen LogP contribution is 2.23. The lowest BCUT2D eigenvalue weighted by Gasteiger charge is -2.25. The van der Waals surface area contributed by atoms with E-state index in [1.54, 1.807) is 27.6 Å². The van der Waals surface area contributed by atoms with E-state index in [-0.39, 0.29) is 5.91 Å². The van der Waals surface area contributed by atoms with E-state index < -0.39 is 10.0 Å². The van der Waals surface area contributed by atoms with Gasteiger partial charge in [-0.15, -0.1) is 12.8 Å². The van der Waals surface area contributed by atoms with Crippen LogP contribution in [0.3, 0.4) is 0 Å². The molecule has 1 saturated heterocycles. The quantitative estimate of drug-likeness (QED) is 0.469. The molecule has 0 bridgehead atoms. The molecule has 39 heavy (non-hydrogen) atoms. The number of carbonyl (C=O) groups excluding carboxylic acids is 1. The fourth-order valence-corrected chi connectivity index (χ4v) is 5.96. The summed E-state index contributed by atoms with van der Waals surface area (Å²) in [6.45, 7) is 13.5. The molecule has 0 saturated carbocycles. The maximum absolute atomic E-state index is 12.2. The third kappa shape index (κ3) is 13.3. The summed E-state index contributed by atoms with van der Waals surface area (Å²) in [4.78, 5) is 9.64. The minimum Gasteiger partial charge on any atom is -0.370 e. The summed E-state index contributed by atoms with van der Waals surface area (Å²) in [5.74, 6) is -0.333. The number of nitrogens with zero attached hydrogens (tertiary/aromatic N) is 1. The molecule has 1 fully saturated rings. The average Bonchev–Trinajstić information content (AvgIpc) is 2.90. The SMILES string of the molecule is C#C.CC(C)(C)CNCc1ccc2c(c1)CCCC2.CC(N)=O.Cc1ccc(S(=O)(=O)N2CCCCC2)cc1. The van der Waals surface area contributed by atoms with Crippen molar-refractivity contribution in [1.29, 1.82) is 0 Å². The number of hydrogen-bond donors (Lipinski definition) is 2. The molecule has 0 radical (unpaired) electrons. The van der Waals surface area contributed by atoms with Gasteiger partial charge in [0.15, 0.2) is 0 Å². The van der Waals surface area contributed by atoms with Crippen LogP contribution in [0.25, 0.3) is 0 Å². The molecule has 7 heteroatoms. The predicted octanol–water partition coefficient (Wildman–Crippen LogP) is 5.61. The number of piperidine rings is 1. The number of nitrogens with one attached hydrogen (secondary N) is 1. The van der Waals surface area contributed by atoms with E-state index in [1.165, 1.54) is 38.2 Å². The molecule has 4 rings (SSSR count). The van der Waals surface area contributed by atoms with E-state index in [2.05, 4.69) is 62.9 Å². The highest BCUT2D eigenvalue weighted by atomic mass is 32.2. The molecule has 2 aromatic carbocycles. The van der Waals surface area contributed by atoms with Gasteiger partial charge in [0.1, 0.15) is 0 Å². The van der Waals surface area contributed by atoms with Gasteiger partial charge in [0.25, 0.3) is 0 Å². The van der Waals surface area contributed by atoms with Gasteiger partial charge in [0.05, 0.1) is 4.90 Å². The van der Waals surface area contributed by atoms with Crippen LogP contribution in [0.2, 0.25) is 0 Å². The zero-order valence-electron chi connectivity index (χ0n) is 24.6. The van der Waals surface area contributed by atoms with Gasteiger partial charge >= 0.3 is 0 Å². The van der Waals surface area contributed by atoms with Gasteiger partial charge < -0.3 is 11.1 Å². The summed E-state index contributed by atoms with van der Waals surface area (Å²) in [5, 5.41) is 3.55. The maximum Gasteiger partial charge on any atom is 0.243 e. The van der Waals surface area contributed by atoms with Gasteiger partial charge in [-0.3, -0.25) is 4.79 Å². The third-order valence-electron chi connectivity index (χ3n) is 6.37. The highest BCUT2D eigenvalue weighted by Gasteiger charge is 2.25. The van der Waals surface area contributed by atoms with Crippen molar-refractivity contribution < 1.29 is 13.2 Å². The number of terminal acetylenes is 1. The molecular formula is C32H49N3O3S. The first-order chi connectivity index (χ1) is 18.4. The van der Waals surface area contributed by atoms with Crippen molar-refractivity contribution >= 4 is 15.9 Å². The monoisotopic (exact) mass is 555 g/mol. The van der Waals surface area contributed by atoms with E-state index >= 15 is 0 Å². The van der Waals surface area contributed by atoms with Gasteiger partial charge in [0.2, 0.25) is 15.9 Å². The summed E-state index contributed by atoms with van der Waals surface area (Å²) < 4.78 is 26.0. The van der Waals surface area contributed by atoms with E-state index in [0.29, 0.717) is 23.4 Å². The number of hydrogen-bond acceptors (Lipinski definition) is 4.